The first kappa shape index (κ1) is 9.07. The van der Waals surface area contributed by atoms with Gasteiger partial charge in [0.1, 0.15) is 0 Å². The third-order valence-electron chi connectivity index (χ3n) is 1.37. The minimum Gasteiger partial charge on any atom is -0.249 e. The number of nitrogens with zero attached hydrogens (tertiary/aromatic N) is 1. The first-order valence-electron chi connectivity index (χ1n) is 3.93. The highest BCUT2D eigenvalue weighted by Crippen LogP contribution is 2.26. The summed E-state index contributed by atoms with van der Waals surface area (Å²) < 4.78 is 1.41. The number of thiazole rings is 1. The Morgan fingerprint density at radius 1 is 1.55 bits per heavy atom. The molecule has 0 aliphatic carbocycles. The summed E-state index contributed by atoms with van der Waals surface area (Å²) in [5.41, 5.74) is 3.24. The van der Waals surface area contributed by atoms with Crippen molar-refractivity contribution < 1.29 is 0 Å². The molecule has 0 N–H and O–H groups in total. The zero-order valence-electron chi connectivity index (χ0n) is 6.96. The lowest BCUT2D eigenvalue weighted by atomic mass is 10.3. The van der Waals surface area contributed by atoms with E-state index >= 15 is 0 Å². The minimum atomic E-state index is 1.13. The van der Waals surface area contributed by atoms with Gasteiger partial charge in [0.15, 0.2) is 0 Å². The maximum Gasteiger partial charge on any atom is 0.0829 e. The summed E-state index contributed by atoms with van der Waals surface area (Å²) in [6.45, 7) is 4.37. The van der Waals surface area contributed by atoms with Crippen LogP contribution in [0.15, 0.2) is 9.72 Å². The average molecular weight is 187 g/mol. The van der Waals surface area contributed by atoms with Crippen molar-refractivity contribution in [1.29, 1.82) is 0 Å². The van der Waals surface area contributed by atoms with E-state index in [-0.39, 0.29) is 0 Å². The van der Waals surface area contributed by atoms with E-state index in [4.69, 9.17) is 0 Å². The Balaban J connectivity index is 2.62. The van der Waals surface area contributed by atoms with E-state index in [1.54, 1.807) is 11.3 Å². The highest BCUT2D eigenvalue weighted by atomic mass is 32.2. The Labute approximate surface area is 76.2 Å². The molecule has 0 aliphatic heterocycles. The number of thioether (sulfide) groups is 1. The molecule has 11 heavy (non-hydrogen) atoms. The van der Waals surface area contributed by atoms with Gasteiger partial charge < -0.3 is 0 Å². The van der Waals surface area contributed by atoms with Gasteiger partial charge in [-0.2, -0.15) is 0 Å². The maximum atomic E-state index is 4.32. The van der Waals surface area contributed by atoms with E-state index in [9.17, 15) is 0 Å². The fourth-order valence-corrected chi connectivity index (χ4v) is 2.82. The van der Waals surface area contributed by atoms with Crippen LogP contribution in [0.1, 0.15) is 26.0 Å². The van der Waals surface area contributed by atoms with Crippen LogP contribution in [0.25, 0.3) is 0 Å². The predicted octanol–water partition coefficient (Wildman–Crippen LogP) is 3.21. The molecule has 0 aliphatic rings. The average Bonchev–Trinajstić information content (AvgIpc) is 2.39. The Morgan fingerprint density at radius 3 is 3.00 bits per heavy atom. The lowest BCUT2D eigenvalue weighted by Gasteiger charge is -1.96. The minimum absolute atomic E-state index is 1.13. The van der Waals surface area contributed by atoms with Crippen molar-refractivity contribution in [3.63, 3.8) is 0 Å². The number of aryl methyl sites for hydroxylation is 1. The van der Waals surface area contributed by atoms with Gasteiger partial charge in [-0.3, -0.25) is 0 Å². The molecule has 0 radical (unpaired) electrons. The number of rotatable bonds is 4. The third-order valence-corrected chi connectivity index (χ3v) is 3.46. The smallest absolute Gasteiger partial charge is 0.0829 e. The van der Waals surface area contributed by atoms with Crippen molar-refractivity contribution in [3.8, 4) is 0 Å². The molecule has 1 heterocycles. The van der Waals surface area contributed by atoms with Crippen molar-refractivity contribution >= 4 is 23.1 Å². The van der Waals surface area contributed by atoms with Gasteiger partial charge in [0.2, 0.25) is 0 Å². The van der Waals surface area contributed by atoms with Gasteiger partial charge >= 0.3 is 0 Å². The molecule has 1 nitrogen and oxygen atoms in total. The van der Waals surface area contributed by atoms with Gasteiger partial charge in [-0.15, -0.1) is 23.1 Å². The summed E-state index contributed by atoms with van der Waals surface area (Å²) in [6, 6.07) is 0. The van der Waals surface area contributed by atoms with Crippen molar-refractivity contribution in [2.24, 2.45) is 0 Å². The monoisotopic (exact) mass is 187 g/mol. The highest BCUT2D eigenvalue weighted by Gasteiger charge is 2.03. The van der Waals surface area contributed by atoms with E-state index in [2.05, 4.69) is 18.8 Å². The van der Waals surface area contributed by atoms with Gasteiger partial charge in [-0.1, -0.05) is 20.3 Å². The number of aromatic nitrogens is 1. The van der Waals surface area contributed by atoms with Crippen LogP contribution in [0, 0.1) is 0 Å². The molecule has 0 fully saturated rings. The maximum absolute atomic E-state index is 4.32. The Morgan fingerprint density at radius 2 is 2.36 bits per heavy atom. The van der Waals surface area contributed by atoms with Crippen LogP contribution < -0.4 is 0 Å². The van der Waals surface area contributed by atoms with Crippen LogP contribution in [0.3, 0.4) is 0 Å². The third kappa shape index (κ3) is 2.49. The normalized spacial score (nSPS) is 10.4. The molecular weight excluding hydrogens is 174 g/mol. The molecule has 0 spiro atoms. The Hall–Kier alpha value is -0.0200. The Bertz CT molecular complexity index is 187. The van der Waals surface area contributed by atoms with Gasteiger partial charge in [-0.25, -0.2) is 4.98 Å². The molecular formula is C8H13NS2. The molecule has 1 aromatic rings. The van der Waals surface area contributed by atoms with Crippen LogP contribution in [0.2, 0.25) is 0 Å². The van der Waals surface area contributed by atoms with Crippen molar-refractivity contribution in [1.82, 2.24) is 4.98 Å². The Kier molecular flexibility index (Phi) is 3.94. The van der Waals surface area contributed by atoms with E-state index in [0.717, 1.165) is 12.2 Å². The molecule has 0 bridgehead atoms. The summed E-state index contributed by atoms with van der Waals surface area (Å²) in [7, 11) is 0. The lowest BCUT2D eigenvalue weighted by molar-refractivity contribution is 0.875. The summed E-state index contributed by atoms with van der Waals surface area (Å²) in [5.74, 6) is 1.15. The fourth-order valence-electron chi connectivity index (χ4n) is 0.910. The van der Waals surface area contributed by atoms with Gasteiger partial charge in [0.05, 0.1) is 15.4 Å². The SMILES string of the molecule is CCCc1ncsc1SCC. The van der Waals surface area contributed by atoms with Crippen molar-refractivity contribution in [3.05, 3.63) is 11.2 Å². The van der Waals surface area contributed by atoms with E-state index < -0.39 is 0 Å². The van der Waals surface area contributed by atoms with Crippen LogP contribution in [-0.4, -0.2) is 10.7 Å². The molecule has 0 amide bonds. The van der Waals surface area contributed by atoms with Gasteiger partial charge in [-0.05, 0) is 12.2 Å². The van der Waals surface area contributed by atoms with Gasteiger partial charge in [0, 0.05) is 0 Å². The van der Waals surface area contributed by atoms with E-state index in [1.807, 2.05) is 17.3 Å². The molecule has 1 aromatic heterocycles. The second kappa shape index (κ2) is 4.78. The quantitative estimate of drug-likeness (QED) is 0.671. The summed E-state index contributed by atoms with van der Waals surface area (Å²) in [6.07, 6.45) is 2.33. The molecule has 0 unspecified atom stereocenters. The summed E-state index contributed by atoms with van der Waals surface area (Å²) in [5, 5.41) is 0. The second-order valence-corrected chi connectivity index (χ2v) is 4.66. The highest BCUT2D eigenvalue weighted by molar-refractivity contribution is 8.01. The predicted molar refractivity (Wildman–Crippen MR) is 52.5 cm³/mol. The standard InChI is InChI=1S/C8H13NS2/c1-3-5-7-8(10-4-2)11-6-9-7/h6H,3-5H2,1-2H3. The first-order valence-corrected chi connectivity index (χ1v) is 5.80. The number of hydrogen-bond donors (Lipinski definition) is 0. The van der Waals surface area contributed by atoms with E-state index in [1.165, 1.54) is 16.3 Å². The van der Waals surface area contributed by atoms with Gasteiger partial charge in [0.25, 0.3) is 0 Å². The summed E-state index contributed by atoms with van der Waals surface area (Å²) >= 11 is 3.67. The van der Waals surface area contributed by atoms with Crippen molar-refractivity contribution in [2.45, 2.75) is 30.9 Å². The largest absolute Gasteiger partial charge is 0.249 e. The topological polar surface area (TPSA) is 12.9 Å². The molecule has 62 valence electrons. The summed E-state index contributed by atoms with van der Waals surface area (Å²) in [4.78, 5) is 4.32. The zero-order chi connectivity index (χ0) is 8.10. The molecule has 0 saturated heterocycles. The first-order chi connectivity index (χ1) is 5.38. The molecule has 1 rings (SSSR count). The van der Waals surface area contributed by atoms with Crippen molar-refractivity contribution in [2.75, 3.05) is 5.75 Å². The van der Waals surface area contributed by atoms with Crippen LogP contribution in [0.4, 0.5) is 0 Å². The van der Waals surface area contributed by atoms with Crippen LogP contribution >= 0.6 is 23.1 Å². The second-order valence-electron chi connectivity index (χ2n) is 2.27. The fraction of sp³-hybridized carbons (Fsp3) is 0.625. The zero-order valence-corrected chi connectivity index (χ0v) is 8.60. The molecule has 0 saturated carbocycles. The molecule has 0 aromatic carbocycles. The lowest BCUT2D eigenvalue weighted by Crippen LogP contribution is -1.84. The van der Waals surface area contributed by atoms with E-state index in [0.29, 0.717) is 0 Å². The number of hydrogen-bond acceptors (Lipinski definition) is 3. The van der Waals surface area contributed by atoms with Crippen LogP contribution in [0.5, 0.6) is 0 Å². The van der Waals surface area contributed by atoms with Crippen LogP contribution in [-0.2, 0) is 6.42 Å². The molecule has 0 atom stereocenters. The molecule has 3 heteroatoms.